The Hall–Kier alpha value is -4.01. The van der Waals surface area contributed by atoms with Gasteiger partial charge in [0.1, 0.15) is 23.9 Å². The number of carbonyl (C=O) groups excluding carboxylic acids is 1. The molecule has 34 heavy (non-hydrogen) atoms. The zero-order valence-corrected chi connectivity index (χ0v) is 19.4. The summed E-state index contributed by atoms with van der Waals surface area (Å²) in [5, 5.41) is 7.27. The van der Waals surface area contributed by atoms with E-state index in [1.54, 1.807) is 25.3 Å². The molecule has 0 unspecified atom stereocenters. The zero-order chi connectivity index (χ0) is 23.9. The van der Waals surface area contributed by atoms with Crippen LogP contribution in [-0.4, -0.2) is 55.6 Å². The number of ether oxygens (including phenoxy) is 2. The van der Waals surface area contributed by atoms with E-state index in [4.69, 9.17) is 9.47 Å². The fourth-order valence-electron chi connectivity index (χ4n) is 3.96. The summed E-state index contributed by atoms with van der Waals surface area (Å²) in [6, 6.07) is 18.3. The summed E-state index contributed by atoms with van der Waals surface area (Å²) in [5.74, 6) is 1.75. The van der Waals surface area contributed by atoms with Gasteiger partial charge in [0.05, 0.1) is 25.1 Å². The lowest BCUT2D eigenvalue weighted by Gasteiger charge is -2.37. The average molecular weight is 464 g/mol. The number of nitrogens with one attached hydrogen (secondary N) is 1. The van der Waals surface area contributed by atoms with Crippen LogP contribution in [0, 0.1) is 0 Å². The summed E-state index contributed by atoms with van der Waals surface area (Å²) in [5.41, 5.74) is 1.29. The summed E-state index contributed by atoms with van der Waals surface area (Å²) in [6.07, 6.45) is 0. The van der Waals surface area contributed by atoms with Crippen LogP contribution in [0.1, 0.15) is 6.92 Å². The Morgan fingerprint density at radius 1 is 0.941 bits per heavy atom. The van der Waals surface area contributed by atoms with E-state index in [1.807, 2.05) is 37.3 Å². The second-order valence-corrected chi connectivity index (χ2v) is 7.81. The van der Waals surface area contributed by atoms with E-state index in [0.717, 1.165) is 37.6 Å². The molecule has 1 aliphatic heterocycles. The molecule has 0 radical (unpaired) electrons. The minimum Gasteiger partial charge on any atom is -0.495 e. The van der Waals surface area contributed by atoms with Gasteiger partial charge < -0.3 is 24.6 Å². The van der Waals surface area contributed by atoms with Gasteiger partial charge >= 0.3 is 0 Å². The highest BCUT2D eigenvalue weighted by Gasteiger charge is 2.21. The van der Waals surface area contributed by atoms with Gasteiger partial charge in [-0.3, -0.25) is 9.59 Å². The van der Waals surface area contributed by atoms with E-state index in [0.29, 0.717) is 23.9 Å². The van der Waals surface area contributed by atoms with Crippen LogP contribution in [0.2, 0.25) is 0 Å². The van der Waals surface area contributed by atoms with Crippen LogP contribution < -0.4 is 30.1 Å². The Bertz CT molecular complexity index is 1190. The van der Waals surface area contributed by atoms with Crippen molar-refractivity contribution < 1.29 is 14.3 Å². The topological polar surface area (TPSA) is 88.9 Å². The molecular weight excluding hydrogens is 434 g/mol. The first-order valence-electron chi connectivity index (χ1n) is 11.3. The molecule has 0 spiro atoms. The molecule has 4 rings (SSSR count). The van der Waals surface area contributed by atoms with E-state index in [2.05, 4.69) is 26.3 Å². The van der Waals surface area contributed by atoms with Crippen molar-refractivity contribution >= 4 is 23.1 Å². The molecule has 0 saturated carbocycles. The SMILES string of the molecule is CCOc1ccccc1NC(=O)Cn1nc(N2CCN(c3ccccc3OC)CC2)ccc1=O. The van der Waals surface area contributed by atoms with Crippen molar-refractivity contribution in [3.8, 4) is 11.5 Å². The predicted molar refractivity (Wildman–Crippen MR) is 132 cm³/mol. The van der Waals surface area contributed by atoms with Crippen LogP contribution >= 0.6 is 0 Å². The lowest BCUT2D eigenvalue weighted by atomic mass is 10.2. The molecule has 1 N–H and O–H groups in total. The number of aromatic nitrogens is 2. The largest absolute Gasteiger partial charge is 0.495 e. The molecule has 2 aromatic carbocycles. The number of methoxy groups -OCH3 is 1. The third kappa shape index (κ3) is 5.31. The second-order valence-electron chi connectivity index (χ2n) is 7.81. The molecular formula is C25H29N5O4. The molecule has 0 aliphatic carbocycles. The minimum absolute atomic E-state index is 0.186. The average Bonchev–Trinajstić information content (AvgIpc) is 2.87. The van der Waals surface area contributed by atoms with Gasteiger partial charge in [-0.25, -0.2) is 4.68 Å². The Labute approximate surface area is 198 Å². The van der Waals surface area contributed by atoms with Gasteiger partial charge in [-0.15, -0.1) is 0 Å². The van der Waals surface area contributed by atoms with Crippen LogP contribution in [0.25, 0.3) is 0 Å². The molecule has 178 valence electrons. The molecule has 9 nitrogen and oxygen atoms in total. The van der Waals surface area contributed by atoms with Gasteiger partial charge in [-0.05, 0) is 37.3 Å². The summed E-state index contributed by atoms with van der Waals surface area (Å²) >= 11 is 0. The number of rotatable bonds is 8. The highest BCUT2D eigenvalue weighted by molar-refractivity contribution is 5.92. The lowest BCUT2D eigenvalue weighted by Crippen LogP contribution is -2.47. The highest BCUT2D eigenvalue weighted by atomic mass is 16.5. The van der Waals surface area contributed by atoms with Gasteiger partial charge in [0, 0.05) is 32.2 Å². The van der Waals surface area contributed by atoms with Crippen LogP contribution in [-0.2, 0) is 11.3 Å². The van der Waals surface area contributed by atoms with Crippen molar-refractivity contribution in [1.29, 1.82) is 0 Å². The van der Waals surface area contributed by atoms with Crippen LogP contribution in [0.3, 0.4) is 0 Å². The molecule has 3 aromatic rings. The van der Waals surface area contributed by atoms with Crippen molar-refractivity contribution in [2.24, 2.45) is 0 Å². The van der Waals surface area contributed by atoms with Gasteiger partial charge in [0.15, 0.2) is 0 Å². The second kappa shape index (κ2) is 10.7. The maximum Gasteiger partial charge on any atom is 0.267 e. The number of piperazine rings is 1. The normalized spacial score (nSPS) is 13.5. The Morgan fingerprint density at radius 2 is 1.62 bits per heavy atom. The first-order chi connectivity index (χ1) is 16.6. The smallest absolute Gasteiger partial charge is 0.267 e. The van der Waals surface area contributed by atoms with Gasteiger partial charge in [0.2, 0.25) is 5.91 Å². The summed E-state index contributed by atoms with van der Waals surface area (Å²) < 4.78 is 12.2. The van der Waals surface area contributed by atoms with E-state index in [-0.39, 0.29) is 18.0 Å². The maximum absolute atomic E-state index is 12.6. The van der Waals surface area contributed by atoms with E-state index >= 15 is 0 Å². The van der Waals surface area contributed by atoms with Gasteiger partial charge in [0.25, 0.3) is 5.56 Å². The molecule has 2 heterocycles. The minimum atomic E-state index is -0.347. The van der Waals surface area contributed by atoms with Crippen molar-refractivity contribution in [3.05, 3.63) is 71.0 Å². The molecule has 9 heteroatoms. The maximum atomic E-state index is 12.6. The highest BCUT2D eigenvalue weighted by Crippen LogP contribution is 2.29. The van der Waals surface area contributed by atoms with Crippen molar-refractivity contribution in [1.82, 2.24) is 9.78 Å². The molecule has 0 bridgehead atoms. The van der Waals surface area contributed by atoms with Crippen molar-refractivity contribution in [2.45, 2.75) is 13.5 Å². The Balaban J connectivity index is 1.42. The number of benzene rings is 2. The van der Waals surface area contributed by atoms with E-state index < -0.39 is 0 Å². The first-order valence-corrected chi connectivity index (χ1v) is 11.3. The Kier molecular flexibility index (Phi) is 7.31. The number of hydrogen-bond donors (Lipinski definition) is 1. The summed E-state index contributed by atoms with van der Waals surface area (Å²) in [4.78, 5) is 29.4. The van der Waals surface area contributed by atoms with Crippen LogP contribution in [0.4, 0.5) is 17.2 Å². The molecule has 1 fully saturated rings. The first kappa shape index (κ1) is 23.2. The Morgan fingerprint density at radius 3 is 2.35 bits per heavy atom. The number of anilines is 3. The number of para-hydroxylation sites is 4. The fourth-order valence-corrected chi connectivity index (χ4v) is 3.96. The number of hydrogen-bond acceptors (Lipinski definition) is 7. The number of amides is 1. The van der Waals surface area contributed by atoms with Crippen LogP contribution in [0.15, 0.2) is 65.5 Å². The summed E-state index contributed by atoms with van der Waals surface area (Å²) in [7, 11) is 1.67. The quantitative estimate of drug-likeness (QED) is 0.549. The standard InChI is InChI=1S/C25H29N5O4/c1-3-34-21-10-6-4-8-19(21)26-24(31)18-30-25(32)13-12-23(27-30)29-16-14-28(15-17-29)20-9-5-7-11-22(20)33-2/h4-13H,3,14-18H2,1-2H3,(H,26,31). The van der Waals surface area contributed by atoms with Gasteiger partial charge in [-0.2, -0.15) is 5.10 Å². The van der Waals surface area contributed by atoms with E-state index in [9.17, 15) is 9.59 Å². The lowest BCUT2D eigenvalue weighted by molar-refractivity contribution is -0.117. The third-order valence-corrected chi connectivity index (χ3v) is 5.64. The number of carbonyl (C=O) groups is 1. The van der Waals surface area contributed by atoms with E-state index in [1.165, 1.54) is 10.7 Å². The monoisotopic (exact) mass is 463 g/mol. The van der Waals surface area contributed by atoms with Crippen molar-refractivity contribution in [3.63, 3.8) is 0 Å². The number of nitrogens with zero attached hydrogens (tertiary/aromatic N) is 4. The fraction of sp³-hybridized carbons (Fsp3) is 0.320. The third-order valence-electron chi connectivity index (χ3n) is 5.64. The molecule has 0 atom stereocenters. The molecule has 1 aliphatic rings. The molecule has 1 amide bonds. The summed E-state index contributed by atoms with van der Waals surface area (Å²) in [6.45, 7) is 5.22. The van der Waals surface area contributed by atoms with Crippen molar-refractivity contribution in [2.75, 3.05) is 55.0 Å². The van der Waals surface area contributed by atoms with Crippen LogP contribution in [0.5, 0.6) is 11.5 Å². The van der Waals surface area contributed by atoms with Gasteiger partial charge in [-0.1, -0.05) is 24.3 Å². The molecule has 1 aromatic heterocycles. The zero-order valence-electron chi connectivity index (χ0n) is 19.4. The molecule has 1 saturated heterocycles. The predicted octanol–water partition coefficient (Wildman–Crippen LogP) is 2.62.